The highest BCUT2D eigenvalue weighted by Gasteiger charge is 2.22. The molecule has 2 heteroatoms. The van der Waals surface area contributed by atoms with Crippen LogP contribution in [0.15, 0.2) is 91.0 Å². The number of hydrogen-bond acceptors (Lipinski definition) is 2. The first kappa shape index (κ1) is 23.6. The minimum atomic E-state index is 0.0461. The SMILES string of the molecule is CC(C)(C)c1cc(-c2cccc(-c3ccccc3)c2Nc2ccccc2N)cc(C(C)(C)C)c1. The Kier molecular flexibility index (Phi) is 6.27. The van der Waals surface area contributed by atoms with Crippen LogP contribution in [0, 0.1) is 0 Å². The van der Waals surface area contributed by atoms with Gasteiger partial charge >= 0.3 is 0 Å². The number of anilines is 3. The summed E-state index contributed by atoms with van der Waals surface area (Å²) >= 11 is 0. The summed E-state index contributed by atoms with van der Waals surface area (Å²) in [5, 5.41) is 3.70. The van der Waals surface area contributed by atoms with E-state index < -0.39 is 0 Å². The molecule has 34 heavy (non-hydrogen) atoms. The molecule has 0 heterocycles. The van der Waals surface area contributed by atoms with E-state index in [0.29, 0.717) is 0 Å². The lowest BCUT2D eigenvalue weighted by Gasteiger charge is -2.27. The summed E-state index contributed by atoms with van der Waals surface area (Å²) in [6.07, 6.45) is 0. The van der Waals surface area contributed by atoms with E-state index in [0.717, 1.165) is 22.6 Å². The highest BCUT2D eigenvalue weighted by Crippen LogP contribution is 2.42. The first-order chi connectivity index (χ1) is 16.0. The number of hydrogen-bond donors (Lipinski definition) is 2. The van der Waals surface area contributed by atoms with E-state index in [1.807, 2.05) is 24.3 Å². The fourth-order valence-electron chi connectivity index (χ4n) is 4.18. The standard InChI is InChI=1S/C32H36N2/c1-31(2,3)24-19-23(20-25(21-24)32(4,5)6)27-16-12-15-26(22-13-8-7-9-14-22)30(27)34-29-18-11-10-17-28(29)33/h7-21,34H,33H2,1-6H3. The third kappa shape index (κ3) is 5.02. The molecule has 0 saturated carbocycles. The van der Waals surface area contributed by atoms with Crippen molar-refractivity contribution in [2.75, 3.05) is 11.1 Å². The van der Waals surface area contributed by atoms with Crippen LogP contribution in [0.3, 0.4) is 0 Å². The number of nitrogens with two attached hydrogens (primary N) is 1. The van der Waals surface area contributed by atoms with Crippen LogP contribution in [-0.2, 0) is 10.8 Å². The molecule has 0 atom stereocenters. The van der Waals surface area contributed by atoms with Crippen molar-refractivity contribution in [2.24, 2.45) is 0 Å². The lowest BCUT2D eigenvalue weighted by molar-refractivity contribution is 0.569. The van der Waals surface area contributed by atoms with Gasteiger partial charge in [-0.15, -0.1) is 0 Å². The molecule has 0 saturated heterocycles. The van der Waals surface area contributed by atoms with Gasteiger partial charge in [0.05, 0.1) is 17.1 Å². The van der Waals surface area contributed by atoms with Gasteiger partial charge in [-0.1, -0.05) is 120 Å². The van der Waals surface area contributed by atoms with Crippen LogP contribution in [0.1, 0.15) is 52.7 Å². The van der Waals surface area contributed by atoms with Gasteiger partial charge in [-0.3, -0.25) is 0 Å². The topological polar surface area (TPSA) is 38.0 Å². The molecule has 0 radical (unpaired) electrons. The van der Waals surface area contributed by atoms with Gasteiger partial charge in [-0.05, 0) is 45.2 Å². The molecule has 0 spiro atoms. The fraction of sp³-hybridized carbons (Fsp3) is 0.250. The second-order valence-electron chi connectivity index (χ2n) is 11.1. The van der Waals surface area contributed by atoms with E-state index >= 15 is 0 Å². The Morgan fingerprint density at radius 3 is 1.65 bits per heavy atom. The quantitative estimate of drug-likeness (QED) is 0.306. The number of nitrogen functional groups attached to an aromatic ring is 1. The van der Waals surface area contributed by atoms with Crippen LogP contribution in [0.4, 0.5) is 17.1 Å². The van der Waals surface area contributed by atoms with E-state index in [4.69, 9.17) is 5.73 Å². The maximum absolute atomic E-state index is 6.35. The van der Waals surface area contributed by atoms with E-state index in [1.54, 1.807) is 0 Å². The molecule has 3 N–H and O–H groups in total. The van der Waals surface area contributed by atoms with Crippen molar-refractivity contribution >= 4 is 17.1 Å². The second-order valence-corrected chi connectivity index (χ2v) is 11.1. The summed E-state index contributed by atoms with van der Waals surface area (Å²) in [4.78, 5) is 0. The minimum Gasteiger partial charge on any atom is -0.397 e. The molecule has 4 rings (SSSR count). The molecule has 4 aromatic carbocycles. The Morgan fingerprint density at radius 1 is 0.559 bits per heavy atom. The van der Waals surface area contributed by atoms with Crippen LogP contribution < -0.4 is 11.1 Å². The van der Waals surface area contributed by atoms with E-state index in [-0.39, 0.29) is 10.8 Å². The predicted octanol–water partition coefficient (Wildman–Crippen LogP) is 8.94. The van der Waals surface area contributed by atoms with Crippen molar-refractivity contribution in [2.45, 2.75) is 52.4 Å². The summed E-state index contributed by atoms with van der Waals surface area (Å²) in [6.45, 7) is 13.7. The molecule has 0 fully saturated rings. The second kappa shape index (κ2) is 9.02. The first-order valence-electron chi connectivity index (χ1n) is 12.0. The Hall–Kier alpha value is -3.52. The lowest BCUT2D eigenvalue weighted by Crippen LogP contribution is -2.16. The highest BCUT2D eigenvalue weighted by molar-refractivity contribution is 5.94. The zero-order valence-corrected chi connectivity index (χ0v) is 21.2. The third-order valence-electron chi connectivity index (χ3n) is 6.35. The van der Waals surface area contributed by atoms with Crippen molar-refractivity contribution < 1.29 is 0 Å². The molecule has 0 aliphatic heterocycles. The predicted molar refractivity (Wildman–Crippen MR) is 149 cm³/mol. The number of rotatable bonds is 4. The normalized spacial score (nSPS) is 11.9. The van der Waals surface area contributed by atoms with E-state index in [9.17, 15) is 0 Å². The van der Waals surface area contributed by atoms with Gasteiger partial charge in [0.25, 0.3) is 0 Å². The molecular weight excluding hydrogens is 412 g/mol. The molecule has 0 bridgehead atoms. The van der Waals surface area contributed by atoms with Crippen LogP contribution in [0.5, 0.6) is 0 Å². The smallest absolute Gasteiger partial charge is 0.0618 e. The maximum atomic E-state index is 6.35. The molecule has 0 amide bonds. The molecule has 0 aliphatic rings. The van der Waals surface area contributed by atoms with Crippen molar-refractivity contribution in [3.63, 3.8) is 0 Å². The van der Waals surface area contributed by atoms with E-state index in [2.05, 4.69) is 114 Å². The van der Waals surface area contributed by atoms with Gasteiger partial charge < -0.3 is 11.1 Å². The molecule has 174 valence electrons. The zero-order valence-electron chi connectivity index (χ0n) is 21.2. The van der Waals surface area contributed by atoms with Gasteiger partial charge in [-0.25, -0.2) is 0 Å². The van der Waals surface area contributed by atoms with Crippen molar-refractivity contribution in [1.29, 1.82) is 0 Å². The van der Waals surface area contributed by atoms with Crippen LogP contribution >= 0.6 is 0 Å². The molecule has 0 unspecified atom stereocenters. The van der Waals surface area contributed by atoms with Crippen molar-refractivity contribution in [3.8, 4) is 22.3 Å². The van der Waals surface area contributed by atoms with Gasteiger partial charge in [0.15, 0.2) is 0 Å². The maximum Gasteiger partial charge on any atom is 0.0618 e. The molecule has 0 aliphatic carbocycles. The zero-order chi connectivity index (χ0) is 24.5. The van der Waals surface area contributed by atoms with Crippen molar-refractivity contribution in [1.82, 2.24) is 0 Å². The molecule has 4 aromatic rings. The summed E-state index contributed by atoms with van der Waals surface area (Å²) in [7, 11) is 0. The Morgan fingerprint density at radius 2 is 1.09 bits per heavy atom. The summed E-state index contributed by atoms with van der Waals surface area (Å²) < 4.78 is 0. The molecular formula is C32H36N2. The Labute approximate surface area is 204 Å². The highest BCUT2D eigenvalue weighted by atomic mass is 14.9. The Bertz CT molecular complexity index is 1260. The van der Waals surface area contributed by atoms with Crippen molar-refractivity contribution in [3.05, 3.63) is 102 Å². The van der Waals surface area contributed by atoms with Crippen LogP contribution in [0.25, 0.3) is 22.3 Å². The number of nitrogens with one attached hydrogen (secondary N) is 1. The average molecular weight is 449 g/mol. The first-order valence-corrected chi connectivity index (χ1v) is 12.0. The lowest BCUT2D eigenvalue weighted by atomic mass is 9.78. The fourth-order valence-corrected chi connectivity index (χ4v) is 4.18. The van der Waals surface area contributed by atoms with Gasteiger partial charge in [-0.2, -0.15) is 0 Å². The summed E-state index contributed by atoms with van der Waals surface area (Å²) in [5.41, 5.74) is 16.5. The monoisotopic (exact) mass is 448 g/mol. The third-order valence-corrected chi connectivity index (χ3v) is 6.35. The number of para-hydroxylation sites is 3. The number of benzene rings is 4. The molecule has 2 nitrogen and oxygen atoms in total. The largest absolute Gasteiger partial charge is 0.397 e. The van der Waals surface area contributed by atoms with Gasteiger partial charge in [0.1, 0.15) is 0 Å². The van der Waals surface area contributed by atoms with E-state index in [1.165, 1.54) is 27.8 Å². The molecule has 0 aromatic heterocycles. The Balaban J connectivity index is 2.00. The van der Waals surface area contributed by atoms with Crippen LogP contribution in [0.2, 0.25) is 0 Å². The minimum absolute atomic E-state index is 0.0461. The average Bonchev–Trinajstić information content (AvgIpc) is 2.80. The van der Waals surface area contributed by atoms with Gasteiger partial charge in [0, 0.05) is 11.1 Å². The van der Waals surface area contributed by atoms with Gasteiger partial charge in [0.2, 0.25) is 0 Å². The summed E-state index contributed by atoms with van der Waals surface area (Å²) in [6, 6.07) is 32.1. The van der Waals surface area contributed by atoms with Crippen LogP contribution in [-0.4, -0.2) is 0 Å². The summed E-state index contributed by atoms with van der Waals surface area (Å²) in [5.74, 6) is 0.